The van der Waals surface area contributed by atoms with Crippen molar-refractivity contribution in [3.63, 3.8) is 0 Å². The molecule has 212 valence electrons. The molecule has 3 nitrogen and oxygen atoms in total. The Morgan fingerprint density at radius 3 is 1.61 bits per heavy atom. The molecule has 3 fully saturated rings. The first-order valence-corrected chi connectivity index (χ1v) is 16.9. The number of rotatable bonds is 17. The molecule has 0 aromatic rings. The molecule has 1 aliphatic heterocycles. The molecular weight excluding hydrogens is 438 g/mol. The third-order valence-corrected chi connectivity index (χ3v) is 9.89. The van der Waals surface area contributed by atoms with Crippen LogP contribution in [0.3, 0.4) is 0 Å². The first-order chi connectivity index (χ1) is 17.6. The molecule has 0 aromatic heterocycles. The molecule has 1 atom stereocenters. The Balaban J connectivity index is 1.43. The first-order valence-electron chi connectivity index (χ1n) is 16.9. The lowest BCUT2D eigenvalue weighted by molar-refractivity contribution is -0.0732. The highest BCUT2D eigenvalue weighted by Crippen LogP contribution is 2.38. The van der Waals surface area contributed by atoms with E-state index in [0.29, 0.717) is 6.17 Å². The molecule has 3 rings (SSSR count). The summed E-state index contributed by atoms with van der Waals surface area (Å²) in [5.41, 5.74) is 0.210. The molecular formula is C33H65N3. The van der Waals surface area contributed by atoms with Crippen molar-refractivity contribution < 1.29 is 0 Å². The van der Waals surface area contributed by atoms with Gasteiger partial charge in [-0.3, -0.25) is 9.80 Å². The molecule has 2 aliphatic carbocycles. The van der Waals surface area contributed by atoms with Crippen LogP contribution < -0.4 is 5.32 Å². The Labute approximate surface area is 226 Å². The van der Waals surface area contributed by atoms with Gasteiger partial charge in [-0.25, -0.2) is 0 Å². The zero-order chi connectivity index (χ0) is 25.5. The molecule has 3 aliphatic rings. The predicted molar refractivity (Wildman–Crippen MR) is 159 cm³/mol. The zero-order valence-corrected chi connectivity index (χ0v) is 25.0. The minimum Gasteiger partial charge on any atom is -0.300 e. The maximum Gasteiger partial charge on any atom is 0.0781 e. The van der Waals surface area contributed by atoms with E-state index in [2.05, 4.69) is 35.9 Å². The van der Waals surface area contributed by atoms with Gasteiger partial charge in [-0.05, 0) is 65.5 Å². The van der Waals surface area contributed by atoms with Gasteiger partial charge in [0, 0.05) is 24.2 Å². The van der Waals surface area contributed by atoms with E-state index in [9.17, 15) is 0 Å². The van der Waals surface area contributed by atoms with Crippen molar-refractivity contribution in [1.29, 1.82) is 0 Å². The fourth-order valence-electron chi connectivity index (χ4n) is 7.97. The summed E-state index contributed by atoms with van der Waals surface area (Å²) in [6.07, 6.45) is 33.6. The molecule has 0 radical (unpaired) electrons. The van der Waals surface area contributed by atoms with Gasteiger partial charge < -0.3 is 5.32 Å². The third-order valence-electron chi connectivity index (χ3n) is 9.89. The monoisotopic (exact) mass is 504 g/mol. The maximum atomic E-state index is 4.05. The highest BCUT2D eigenvalue weighted by molar-refractivity contribution is 5.01. The van der Waals surface area contributed by atoms with Crippen LogP contribution in [0.2, 0.25) is 0 Å². The van der Waals surface area contributed by atoms with Gasteiger partial charge in [-0.2, -0.15) is 0 Å². The summed E-state index contributed by atoms with van der Waals surface area (Å²) in [5.74, 6) is 0. The van der Waals surface area contributed by atoms with Gasteiger partial charge >= 0.3 is 0 Å². The second-order valence-corrected chi connectivity index (χ2v) is 13.3. The molecule has 0 aromatic carbocycles. The average molecular weight is 504 g/mol. The Bertz CT molecular complexity index is 517. The molecule has 2 saturated carbocycles. The Morgan fingerprint density at radius 2 is 1.11 bits per heavy atom. The van der Waals surface area contributed by atoms with Gasteiger partial charge in [0.25, 0.3) is 0 Å². The van der Waals surface area contributed by atoms with Gasteiger partial charge in [0.15, 0.2) is 0 Å². The standard InChI is InChI=1S/C33H65N3/c1-4-5-6-7-8-9-10-11-12-13-14-21-28-35-29-22-27-34-32(35)33(2,3)36(30-23-17-15-18-24-30)31-25-19-16-20-26-31/h30-32,34H,4-29H2,1-3H3. The van der Waals surface area contributed by atoms with E-state index in [1.165, 1.54) is 167 Å². The van der Waals surface area contributed by atoms with Crippen molar-refractivity contribution in [2.24, 2.45) is 0 Å². The predicted octanol–water partition coefficient (Wildman–Crippen LogP) is 9.05. The number of nitrogens with zero attached hydrogens (tertiary/aromatic N) is 2. The molecule has 0 amide bonds. The number of nitrogens with one attached hydrogen (secondary N) is 1. The zero-order valence-electron chi connectivity index (χ0n) is 25.0. The molecule has 1 heterocycles. The summed E-state index contributed by atoms with van der Waals surface area (Å²) < 4.78 is 0. The lowest BCUT2D eigenvalue weighted by atomic mass is 9.82. The molecule has 3 heteroatoms. The molecule has 0 spiro atoms. The van der Waals surface area contributed by atoms with E-state index in [1.807, 2.05) is 0 Å². The third kappa shape index (κ3) is 9.88. The maximum absolute atomic E-state index is 4.05. The second-order valence-electron chi connectivity index (χ2n) is 13.3. The highest BCUT2D eigenvalue weighted by atomic mass is 15.4. The van der Waals surface area contributed by atoms with E-state index in [4.69, 9.17) is 0 Å². The van der Waals surface area contributed by atoms with Crippen LogP contribution in [0.5, 0.6) is 0 Å². The summed E-state index contributed by atoms with van der Waals surface area (Å²) >= 11 is 0. The second kappa shape index (κ2) is 17.5. The average Bonchev–Trinajstić information content (AvgIpc) is 2.91. The summed E-state index contributed by atoms with van der Waals surface area (Å²) in [7, 11) is 0. The summed E-state index contributed by atoms with van der Waals surface area (Å²) in [4.78, 5) is 5.95. The van der Waals surface area contributed by atoms with Crippen LogP contribution in [0.25, 0.3) is 0 Å². The lowest BCUT2D eigenvalue weighted by Crippen LogP contribution is -2.70. The van der Waals surface area contributed by atoms with E-state index < -0.39 is 0 Å². The summed E-state index contributed by atoms with van der Waals surface area (Å²) in [6.45, 7) is 11.3. The van der Waals surface area contributed by atoms with Crippen LogP contribution in [-0.2, 0) is 0 Å². The van der Waals surface area contributed by atoms with E-state index >= 15 is 0 Å². The van der Waals surface area contributed by atoms with Crippen LogP contribution >= 0.6 is 0 Å². The van der Waals surface area contributed by atoms with Crippen molar-refractivity contribution in [2.45, 2.75) is 192 Å². The van der Waals surface area contributed by atoms with Crippen molar-refractivity contribution in [1.82, 2.24) is 15.1 Å². The first kappa shape index (κ1) is 30.4. The van der Waals surface area contributed by atoms with E-state index in [1.54, 1.807) is 0 Å². The van der Waals surface area contributed by atoms with Crippen LogP contribution in [0.4, 0.5) is 0 Å². The van der Waals surface area contributed by atoms with Gasteiger partial charge in [0.2, 0.25) is 0 Å². The van der Waals surface area contributed by atoms with Crippen molar-refractivity contribution in [3.05, 3.63) is 0 Å². The van der Waals surface area contributed by atoms with Crippen LogP contribution in [-0.4, -0.2) is 53.2 Å². The Morgan fingerprint density at radius 1 is 0.639 bits per heavy atom. The molecule has 1 unspecified atom stereocenters. The Hall–Kier alpha value is -0.120. The highest BCUT2D eigenvalue weighted by Gasteiger charge is 2.45. The normalized spacial score (nSPS) is 23.5. The molecule has 36 heavy (non-hydrogen) atoms. The number of unbranched alkanes of at least 4 members (excludes halogenated alkanes) is 11. The summed E-state index contributed by atoms with van der Waals surface area (Å²) in [5, 5.41) is 4.05. The van der Waals surface area contributed by atoms with Crippen molar-refractivity contribution >= 4 is 0 Å². The molecule has 1 saturated heterocycles. The van der Waals surface area contributed by atoms with Crippen LogP contribution in [0.1, 0.15) is 168 Å². The van der Waals surface area contributed by atoms with Crippen molar-refractivity contribution in [2.75, 3.05) is 19.6 Å². The number of hydrogen-bond acceptors (Lipinski definition) is 3. The van der Waals surface area contributed by atoms with Gasteiger partial charge in [-0.1, -0.05) is 116 Å². The fourth-order valence-corrected chi connectivity index (χ4v) is 7.97. The minimum absolute atomic E-state index is 0.210. The van der Waals surface area contributed by atoms with E-state index in [0.717, 1.165) is 12.1 Å². The van der Waals surface area contributed by atoms with Crippen LogP contribution in [0, 0.1) is 0 Å². The minimum atomic E-state index is 0.210. The lowest BCUT2D eigenvalue weighted by Gasteiger charge is -2.56. The van der Waals surface area contributed by atoms with Crippen LogP contribution in [0.15, 0.2) is 0 Å². The van der Waals surface area contributed by atoms with Gasteiger partial charge in [-0.15, -0.1) is 0 Å². The SMILES string of the molecule is CCCCCCCCCCCCCCN1CCCNC1C(C)(C)N(C1CCCCC1)C1CCCCC1. The molecule has 1 N–H and O–H groups in total. The topological polar surface area (TPSA) is 18.5 Å². The van der Waals surface area contributed by atoms with Crippen molar-refractivity contribution in [3.8, 4) is 0 Å². The summed E-state index contributed by atoms with van der Waals surface area (Å²) in [6, 6.07) is 1.63. The largest absolute Gasteiger partial charge is 0.300 e. The van der Waals surface area contributed by atoms with Gasteiger partial charge in [0.05, 0.1) is 6.17 Å². The van der Waals surface area contributed by atoms with E-state index in [-0.39, 0.29) is 5.54 Å². The molecule has 0 bridgehead atoms. The fraction of sp³-hybridized carbons (Fsp3) is 1.00. The Kier molecular flexibility index (Phi) is 14.8. The number of hydrogen-bond donors (Lipinski definition) is 1. The smallest absolute Gasteiger partial charge is 0.0781 e. The quantitative estimate of drug-likeness (QED) is 0.200. The van der Waals surface area contributed by atoms with Gasteiger partial charge in [0.1, 0.15) is 0 Å².